The number of nitrogens with zero attached hydrogens (tertiary/aromatic N) is 7. The van der Waals surface area contributed by atoms with E-state index in [0.29, 0.717) is 23.8 Å². The fourth-order valence-electron chi connectivity index (χ4n) is 2.72. The summed E-state index contributed by atoms with van der Waals surface area (Å²) in [6.45, 7) is 2.45. The molecule has 0 saturated heterocycles. The van der Waals surface area contributed by atoms with Gasteiger partial charge >= 0.3 is 0 Å². The zero-order valence-electron chi connectivity index (χ0n) is 14.4. The van der Waals surface area contributed by atoms with Gasteiger partial charge in [-0.3, -0.25) is 4.79 Å². The van der Waals surface area contributed by atoms with E-state index < -0.39 is 5.91 Å². The SMILES string of the molecule is Cc1cc(Cn2nnc(-c3ccc(C(N)=O)cc3)n2)ccc1-c1nn[nH]n1. The lowest BCUT2D eigenvalue weighted by Gasteiger charge is -2.05. The van der Waals surface area contributed by atoms with Gasteiger partial charge in [-0.1, -0.05) is 30.3 Å². The summed E-state index contributed by atoms with van der Waals surface area (Å²) in [4.78, 5) is 12.7. The van der Waals surface area contributed by atoms with Crippen molar-refractivity contribution in [3.8, 4) is 22.8 Å². The first-order valence-electron chi connectivity index (χ1n) is 8.11. The van der Waals surface area contributed by atoms with Crippen LogP contribution in [0.15, 0.2) is 42.5 Å². The third-order valence-corrected chi connectivity index (χ3v) is 4.08. The van der Waals surface area contributed by atoms with Crippen molar-refractivity contribution in [2.24, 2.45) is 5.73 Å². The Morgan fingerprint density at radius 3 is 2.59 bits per heavy atom. The number of amides is 1. The molecule has 10 heteroatoms. The van der Waals surface area contributed by atoms with Crippen LogP contribution >= 0.6 is 0 Å². The summed E-state index contributed by atoms with van der Waals surface area (Å²) in [5, 5.41) is 26.6. The largest absolute Gasteiger partial charge is 0.366 e. The van der Waals surface area contributed by atoms with Crippen LogP contribution < -0.4 is 5.73 Å². The molecule has 0 saturated carbocycles. The second-order valence-corrected chi connectivity index (χ2v) is 5.97. The third kappa shape index (κ3) is 3.40. The fourth-order valence-corrected chi connectivity index (χ4v) is 2.72. The molecule has 0 unspecified atom stereocenters. The van der Waals surface area contributed by atoms with E-state index >= 15 is 0 Å². The van der Waals surface area contributed by atoms with Crippen LogP contribution in [0.4, 0.5) is 0 Å². The van der Waals surface area contributed by atoms with Gasteiger partial charge < -0.3 is 5.73 Å². The molecule has 10 nitrogen and oxygen atoms in total. The molecule has 3 N–H and O–H groups in total. The van der Waals surface area contributed by atoms with Crippen molar-refractivity contribution >= 4 is 5.91 Å². The number of tetrazole rings is 2. The number of hydrogen-bond donors (Lipinski definition) is 2. The Kier molecular flexibility index (Phi) is 4.13. The van der Waals surface area contributed by atoms with Crippen LogP contribution in [0.25, 0.3) is 22.8 Å². The van der Waals surface area contributed by atoms with Gasteiger partial charge in [0.2, 0.25) is 17.6 Å². The molecule has 0 aliphatic carbocycles. The van der Waals surface area contributed by atoms with Gasteiger partial charge in [0.25, 0.3) is 0 Å². The topological polar surface area (TPSA) is 141 Å². The van der Waals surface area contributed by atoms with E-state index in [1.54, 1.807) is 24.3 Å². The molecule has 2 heterocycles. The molecular weight excluding hydrogens is 346 g/mol. The molecule has 0 fully saturated rings. The molecule has 0 aliphatic heterocycles. The first kappa shape index (κ1) is 16.5. The number of nitrogens with one attached hydrogen (secondary N) is 1. The lowest BCUT2D eigenvalue weighted by Crippen LogP contribution is -2.10. The van der Waals surface area contributed by atoms with Gasteiger partial charge in [0.15, 0.2) is 0 Å². The number of benzene rings is 2. The van der Waals surface area contributed by atoms with E-state index in [2.05, 4.69) is 36.0 Å². The van der Waals surface area contributed by atoms with Crippen LogP contribution in [0.5, 0.6) is 0 Å². The monoisotopic (exact) mass is 361 g/mol. The Balaban J connectivity index is 1.52. The van der Waals surface area contributed by atoms with Gasteiger partial charge in [-0.2, -0.15) is 10.0 Å². The predicted octanol–water partition coefficient (Wildman–Crippen LogP) is 0.976. The van der Waals surface area contributed by atoms with Crippen molar-refractivity contribution in [1.29, 1.82) is 0 Å². The molecule has 4 rings (SSSR count). The van der Waals surface area contributed by atoms with E-state index in [1.807, 2.05) is 25.1 Å². The third-order valence-electron chi connectivity index (χ3n) is 4.08. The number of carbonyl (C=O) groups is 1. The Morgan fingerprint density at radius 1 is 1.11 bits per heavy atom. The maximum absolute atomic E-state index is 11.1. The highest BCUT2D eigenvalue weighted by Crippen LogP contribution is 2.20. The van der Waals surface area contributed by atoms with E-state index in [1.165, 1.54) is 4.80 Å². The van der Waals surface area contributed by atoms with Crippen LogP contribution in [0.1, 0.15) is 21.5 Å². The van der Waals surface area contributed by atoms with E-state index in [-0.39, 0.29) is 0 Å². The Labute approximate surface area is 153 Å². The number of aromatic nitrogens is 8. The number of aromatic amines is 1. The van der Waals surface area contributed by atoms with Crippen molar-refractivity contribution in [2.75, 3.05) is 0 Å². The van der Waals surface area contributed by atoms with Crippen molar-refractivity contribution in [3.63, 3.8) is 0 Å². The Hall–Kier alpha value is -3.95. The summed E-state index contributed by atoms with van der Waals surface area (Å²) < 4.78 is 0. The lowest BCUT2D eigenvalue weighted by molar-refractivity contribution is 0.100. The van der Waals surface area contributed by atoms with Crippen LogP contribution in [-0.2, 0) is 6.54 Å². The molecule has 1 amide bonds. The summed E-state index contributed by atoms with van der Waals surface area (Å²) in [7, 11) is 0. The van der Waals surface area contributed by atoms with Gasteiger partial charge in [0.1, 0.15) is 0 Å². The van der Waals surface area contributed by atoms with Gasteiger partial charge in [-0.15, -0.1) is 20.4 Å². The molecule has 134 valence electrons. The molecular formula is C17H15N9O. The summed E-state index contributed by atoms with van der Waals surface area (Å²) in [5.41, 5.74) is 9.40. The molecule has 2 aromatic carbocycles. The maximum Gasteiger partial charge on any atom is 0.248 e. The standard InChI is InChI=1S/C17H15N9O/c1-10-8-11(2-7-14(10)17-19-23-24-20-17)9-26-22-16(21-25-26)13-5-3-12(4-6-13)15(18)27/h2-8H,9H2,1H3,(H2,18,27)(H,19,20,23,24). The summed E-state index contributed by atoms with van der Waals surface area (Å²) in [6.07, 6.45) is 0. The summed E-state index contributed by atoms with van der Waals surface area (Å²) in [5.74, 6) is 0.559. The molecule has 0 radical (unpaired) electrons. The molecule has 0 spiro atoms. The van der Waals surface area contributed by atoms with Gasteiger partial charge in [-0.05, 0) is 40.6 Å². The fraction of sp³-hybridized carbons (Fsp3) is 0.118. The van der Waals surface area contributed by atoms with Crippen LogP contribution in [0, 0.1) is 6.92 Å². The van der Waals surface area contributed by atoms with Crippen LogP contribution in [-0.4, -0.2) is 46.7 Å². The molecule has 0 bridgehead atoms. The highest BCUT2D eigenvalue weighted by molar-refractivity contribution is 5.93. The van der Waals surface area contributed by atoms with E-state index in [0.717, 1.165) is 22.3 Å². The normalized spacial score (nSPS) is 10.9. The minimum absolute atomic E-state index is 0.434. The zero-order valence-corrected chi connectivity index (χ0v) is 14.4. The number of rotatable bonds is 5. The average molecular weight is 361 g/mol. The van der Waals surface area contributed by atoms with E-state index in [4.69, 9.17) is 5.73 Å². The zero-order chi connectivity index (χ0) is 18.8. The second kappa shape index (κ2) is 6.75. The molecule has 4 aromatic rings. The number of nitrogens with two attached hydrogens (primary N) is 1. The first-order chi connectivity index (χ1) is 13.1. The molecule has 0 atom stereocenters. The van der Waals surface area contributed by atoms with Crippen molar-refractivity contribution in [1.82, 2.24) is 40.8 Å². The number of H-pyrrole nitrogens is 1. The quantitative estimate of drug-likeness (QED) is 0.539. The molecule has 27 heavy (non-hydrogen) atoms. The van der Waals surface area contributed by atoms with E-state index in [9.17, 15) is 4.79 Å². The number of carbonyl (C=O) groups excluding carboxylic acids is 1. The number of aryl methyl sites for hydroxylation is 1. The minimum Gasteiger partial charge on any atom is -0.366 e. The van der Waals surface area contributed by atoms with Crippen molar-refractivity contribution < 1.29 is 4.79 Å². The Morgan fingerprint density at radius 2 is 1.93 bits per heavy atom. The summed E-state index contributed by atoms with van der Waals surface area (Å²) in [6, 6.07) is 12.7. The van der Waals surface area contributed by atoms with Gasteiger partial charge in [0, 0.05) is 16.7 Å². The van der Waals surface area contributed by atoms with Crippen LogP contribution in [0.2, 0.25) is 0 Å². The van der Waals surface area contributed by atoms with Crippen molar-refractivity contribution in [3.05, 3.63) is 59.2 Å². The summed E-state index contributed by atoms with van der Waals surface area (Å²) >= 11 is 0. The minimum atomic E-state index is -0.474. The lowest BCUT2D eigenvalue weighted by atomic mass is 10.0. The maximum atomic E-state index is 11.1. The number of hydrogen-bond acceptors (Lipinski definition) is 7. The molecule has 2 aromatic heterocycles. The smallest absolute Gasteiger partial charge is 0.248 e. The van der Waals surface area contributed by atoms with Crippen molar-refractivity contribution in [2.45, 2.75) is 13.5 Å². The highest BCUT2D eigenvalue weighted by Gasteiger charge is 2.10. The Bertz CT molecular complexity index is 1080. The van der Waals surface area contributed by atoms with Gasteiger partial charge in [-0.25, -0.2) is 0 Å². The second-order valence-electron chi connectivity index (χ2n) is 5.97. The molecule has 0 aliphatic rings. The highest BCUT2D eigenvalue weighted by atomic mass is 16.1. The predicted molar refractivity (Wildman–Crippen MR) is 95.2 cm³/mol. The first-order valence-corrected chi connectivity index (χ1v) is 8.11. The number of primary amides is 1. The van der Waals surface area contributed by atoms with Crippen LogP contribution in [0.3, 0.4) is 0 Å². The average Bonchev–Trinajstić information content (AvgIpc) is 3.34. The van der Waals surface area contributed by atoms with Gasteiger partial charge in [0.05, 0.1) is 6.54 Å².